The number of carbonyl (C=O) groups excluding carboxylic acids is 1. The number of hydrogen-bond acceptors (Lipinski definition) is 2. The predicted molar refractivity (Wildman–Crippen MR) is 84.3 cm³/mol. The third kappa shape index (κ3) is 2.67. The van der Waals surface area contributed by atoms with Crippen LogP contribution >= 0.6 is 0 Å². The zero-order chi connectivity index (χ0) is 14.6. The van der Waals surface area contributed by atoms with E-state index in [2.05, 4.69) is 37.8 Å². The fourth-order valence-corrected chi connectivity index (χ4v) is 3.68. The molecule has 0 heterocycles. The van der Waals surface area contributed by atoms with Gasteiger partial charge in [-0.25, -0.2) is 0 Å². The van der Waals surface area contributed by atoms with Crippen LogP contribution in [0, 0.1) is 0 Å². The Labute approximate surface area is 123 Å². The zero-order valence-corrected chi connectivity index (χ0v) is 13.1. The van der Waals surface area contributed by atoms with E-state index in [0.29, 0.717) is 5.78 Å². The first-order chi connectivity index (χ1) is 9.67. The van der Waals surface area contributed by atoms with Gasteiger partial charge in [-0.3, -0.25) is 9.69 Å². The van der Waals surface area contributed by atoms with Gasteiger partial charge in [0.1, 0.15) is 0 Å². The van der Waals surface area contributed by atoms with Gasteiger partial charge in [0.2, 0.25) is 0 Å². The molecule has 1 aliphatic carbocycles. The lowest BCUT2D eigenvalue weighted by atomic mass is 9.85. The van der Waals surface area contributed by atoms with Crippen LogP contribution in [0.2, 0.25) is 0 Å². The van der Waals surface area contributed by atoms with Crippen molar-refractivity contribution in [2.24, 2.45) is 0 Å². The van der Waals surface area contributed by atoms with Crippen LogP contribution in [0.1, 0.15) is 62.4 Å². The minimum Gasteiger partial charge on any atom is -0.292 e. The van der Waals surface area contributed by atoms with E-state index in [-0.39, 0.29) is 5.54 Å². The Morgan fingerprint density at radius 3 is 2.35 bits per heavy atom. The van der Waals surface area contributed by atoms with Crippen LogP contribution < -0.4 is 0 Å². The molecular weight excluding hydrogens is 246 g/mol. The maximum atomic E-state index is 13.2. The summed E-state index contributed by atoms with van der Waals surface area (Å²) in [6, 6.07) is 8.21. The third-order valence-corrected chi connectivity index (χ3v) is 4.82. The first-order valence-electron chi connectivity index (χ1n) is 8.06. The lowest BCUT2D eigenvalue weighted by Crippen LogP contribution is -2.52. The number of rotatable bonds is 6. The lowest BCUT2D eigenvalue weighted by Gasteiger charge is -2.39. The number of likely N-dealkylation sites (N-methyl/N-ethyl adjacent to an activating group) is 1. The Kier molecular flexibility index (Phi) is 4.98. The highest BCUT2D eigenvalue weighted by Gasteiger charge is 2.44. The molecule has 0 bridgehead atoms. The molecule has 1 fully saturated rings. The maximum Gasteiger partial charge on any atom is 0.183 e. The van der Waals surface area contributed by atoms with Crippen LogP contribution in [0.15, 0.2) is 24.3 Å². The Balaban J connectivity index is 2.36. The van der Waals surface area contributed by atoms with Gasteiger partial charge in [-0.05, 0) is 44.0 Å². The van der Waals surface area contributed by atoms with Gasteiger partial charge in [0, 0.05) is 5.56 Å². The normalized spacial score (nSPS) is 17.6. The van der Waals surface area contributed by atoms with Crippen LogP contribution in [0.25, 0.3) is 0 Å². The molecule has 20 heavy (non-hydrogen) atoms. The third-order valence-electron chi connectivity index (χ3n) is 4.82. The van der Waals surface area contributed by atoms with Crippen LogP contribution in [0.3, 0.4) is 0 Å². The van der Waals surface area contributed by atoms with Crippen LogP contribution in [0.5, 0.6) is 0 Å². The second-order valence-corrected chi connectivity index (χ2v) is 5.79. The second-order valence-electron chi connectivity index (χ2n) is 5.79. The monoisotopic (exact) mass is 273 g/mol. The van der Waals surface area contributed by atoms with Crippen LogP contribution in [-0.4, -0.2) is 29.3 Å². The van der Waals surface area contributed by atoms with E-state index >= 15 is 0 Å². The molecular formula is C18H27NO. The van der Waals surface area contributed by atoms with E-state index in [9.17, 15) is 4.79 Å². The number of Topliss-reactive ketones (excluding diaryl/α,β-unsaturated/α-hetero) is 1. The Bertz CT molecular complexity index is 456. The van der Waals surface area contributed by atoms with E-state index in [1.807, 2.05) is 12.1 Å². The molecule has 0 unspecified atom stereocenters. The summed E-state index contributed by atoms with van der Waals surface area (Å²) in [6.45, 7) is 8.38. The van der Waals surface area contributed by atoms with E-state index < -0.39 is 0 Å². The van der Waals surface area contributed by atoms with Gasteiger partial charge in [0.25, 0.3) is 0 Å². The van der Waals surface area contributed by atoms with Crippen molar-refractivity contribution in [1.29, 1.82) is 0 Å². The number of hydrogen-bond donors (Lipinski definition) is 0. The molecule has 1 aromatic carbocycles. The van der Waals surface area contributed by atoms with Crippen molar-refractivity contribution in [1.82, 2.24) is 4.90 Å². The van der Waals surface area contributed by atoms with Gasteiger partial charge in [-0.15, -0.1) is 0 Å². The van der Waals surface area contributed by atoms with Crippen molar-refractivity contribution in [3.8, 4) is 0 Å². The van der Waals surface area contributed by atoms with Gasteiger partial charge in [-0.2, -0.15) is 0 Å². The minimum absolute atomic E-state index is 0.240. The van der Waals surface area contributed by atoms with Gasteiger partial charge < -0.3 is 0 Å². The summed E-state index contributed by atoms with van der Waals surface area (Å²) in [6.07, 6.45) is 5.37. The van der Waals surface area contributed by atoms with Crippen LogP contribution in [-0.2, 0) is 6.42 Å². The summed E-state index contributed by atoms with van der Waals surface area (Å²) >= 11 is 0. The second kappa shape index (κ2) is 6.53. The molecule has 0 aromatic heterocycles. The fraction of sp³-hybridized carbons (Fsp3) is 0.611. The number of carbonyl (C=O) groups is 1. The topological polar surface area (TPSA) is 20.3 Å². The fourth-order valence-electron chi connectivity index (χ4n) is 3.68. The molecule has 1 aliphatic rings. The summed E-state index contributed by atoms with van der Waals surface area (Å²) in [4.78, 5) is 15.5. The molecule has 0 N–H and O–H groups in total. The molecule has 0 amide bonds. The summed E-state index contributed by atoms with van der Waals surface area (Å²) in [5.74, 6) is 0.342. The lowest BCUT2D eigenvalue weighted by molar-refractivity contribution is 0.0584. The highest BCUT2D eigenvalue weighted by atomic mass is 16.1. The number of aryl methyl sites for hydroxylation is 1. The smallest absolute Gasteiger partial charge is 0.183 e. The number of benzene rings is 1. The average Bonchev–Trinajstić information content (AvgIpc) is 2.98. The molecule has 2 nitrogen and oxygen atoms in total. The minimum atomic E-state index is -0.240. The molecule has 0 spiro atoms. The van der Waals surface area contributed by atoms with Crippen molar-refractivity contribution >= 4 is 5.78 Å². The van der Waals surface area contributed by atoms with Crippen molar-refractivity contribution in [2.45, 2.75) is 58.4 Å². The van der Waals surface area contributed by atoms with Crippen molar-refractivity contribution in [3.05, 3.63) is 35.4 Å². The van der Waals surface area contributed by atoms with Crippen molar-refractivity contribution < 1.29 is 4.79 Å². The molecule has 110 valence electrons. The summed E-state index contributed by atoms with van der Waals surface area (Å²) in [7, 11) is 0. The quantitative estimate of drug-likeness (QED) is 0.728. The van der Waals surface area contributed by atoms with Crippen molar-refractivity contribution in [3.63, 3.8) is 0 Å². The van der Waals surface area contributed by atoms with Gasteiger partial charge in [0.15, 0.2) is 5.78 Å². The number of nitrogens with zero attached hydrogens (tertiary/aromatic N) is 1. The van der Waals surface area contributed by atoms with Crippen LogP contribution in [0.4, 0.5) is 0 Å². The largest absolute Gasteiger partial charge is 0.292 e. The predicted octanol–water partition coefficient (Wildman–Crippen LogP) is 4.09. The summed E-state index contributed by atoms with van der Waals surface area (Å²) in [5, 5.41) is 0. The van der Waals surface area contributed by atoms with Gasteiger partial charge in [0.05, 0.1) is 5.54 Å². The molecule has 0 atom stereocenters. The maximum absolute atomic E-state index is 13.2. The standard InChI is InChI=1S/C18H27NO/c1-4-15-10-9-11-16(14-15)17(20)18(12-7-8-13-18)19(5-2)6-3/h9-11,14H,4-8,12-13H2,1-3H3. The van der Waals surface area contributed by atoms with E-state index in [0.717, 1.165) is 37.9 Å². The van der Waals surface area contributed by atoms with Crippen molar-refractivity contribution in [2.75, 3.05) is 13.1 Å². The van der Waals surface area contributed by atoms with E-state index in [1.165, 1.54) is 18.4 Å². The highest BCUT2D eigenvalue weighted by molar-refractivity contribution is 6.03. The summed E-state index contributed by atoms with van der Waals surface area (Å²) in [5.41, 5.74) is 1.91. The van der Waals surface area contributed by atoms with Gasteiger partial charge >= 0.3 is 0 Å². The zero-order valence-electron chi connectivity index (χ0n) is 13.1. The molecule has 0 radical (unpaired) electrons. The average molecular weight is 273 g/mol. The molecule has 1 aromatic rings. The van der Waals surface area contributed by atoms with E-state index in [4.69, 9.17) is 0 Å². The first kappa shape index (κ1) is 15.2. The first-order valence-corrected chi connectivity index (χ1v) is 8.06. The molecule has 2 rings (SSSR count). The SMILES string of the molecule is CCc1cccc(C(=O)C2(N(CC)CC)CCCC2)c1. The highest BCUT2D eigenvalue weighted by Crippen LogP contribution is 2.38. The summed E-state index contributed by atoms with van der Waals surface area (Å²) < 4.78 is 0. The molecule has 2 heteroatoms. The number of ketones is 1. The Morgan fingerprint density at radius 1 is 1.15 bits per heavy atom. The molecule has 1 saturated carbocycles. The molecule has 0 aliphatic heterocycles. The van der Waals surface area contributed by atoms with E-state index in [1.54, 1.807) is 0 Å². The Morgan fingerprint density at radius 2 is 1.80 bits per heavy atom. The Hall–Kier alpha value is -1.15. The molecule has 0 saturated heterocycles. The van der Waals surface area contributed by atoms with Gasteiger partial charge in [-0.1, -0.05) is 51.8 Å².